The number of phenolic OH excluding ortho intramolecular Hbond substituents is 1. The van der Waals surface area contributed by atoms with Gasteiger partial charge in [0.1, 0.15) is 11.4 Å². The van der Waals surface area contributed by atoms with Crippen LogP contribution < -0.4 is 0 Å². The number of aryl methyl sites for hydroxylation is 1. The van der Waals surface area contributed by atoms with Gasteiger partial charge in [-0.3, -0.25) is 9.48 Å². The summed E-state index contributed by atoms with van der Waals surface area (Å²) in [6.07, 6.45) is 1.29. The number of nitrogens with zero attached hydrogens (tertiary/aromatic N) is 2. The molecule has 0 bridgehead atoms. The van der Waals surface area contributed by atoms with Crippen molar-refractivity contribution in [2.75, 3.05) is 0 Å². The van der Waals surface area contributed by atoms with Crippen LogP contribution in [0.5, 0.6) is 5.75 Å². The Bertz CT molecular complexity index is 517. The first-order chi connectivity index (χ1) is 7.70. The normalized spacial score (nSPS) is 10.3. The van der Waals surface area contributed by atoms with Crippen molar-refractivity contribution >= 4 is 6.29 Å². The lowest BCUT2D eigenvalue weighted by Gasteiger charge is -2.00. The van der Waals surface area contributed by atoms with Crippen molar-refractivity contribution < 1.29 is 9.90 Å². The highest BCUT2D eigenvalue weighted by molar-refractivity contribution is 5.72. The van der Waals surface area contributed by atoms with Crippen molar-refractivity contribution in [3.05, 3.63) is 47.3 Å². The third kappa shape index (κ3) is 1.95. The number of aromatic nitrogens is 2. The van der Waals surface area contributed by atoms with Gasteiger partial charge in [-0.05, 0) is 17.7 Å². The van der Waals surface area contributed by atoms with Gasteiger partial charge >= 0.3 is 0 Å². The molecule has 4 nitrogen and oxygen atoms in total. The Morgan fingerprint density at radius 3 is 2.81 bits per heavy atom. The van der Waals surface area contributed by atoms with Crippen LogP contribution in [-0.4, -0.2) is 21.2 Å². The molecule has 1 aromatic heterocycles. The maximum Gasteiger partial charge on any atom is 0.168 e. The lowest BCUT2D eigenvalue weighted by Crippen LogP contribution is -1.96. The lowest BCUT2D eigenvalue weighted by atomic mass is 10.1. The Kier molecular flexibility index (Phi) is 2.72. The van der Waals surface area contributed by atoms with Crippen LogP contribution in [0.4, 0.5) is 0 Å². The summed E-state index contributed by atoms with van der Waals surface area (Å²) in [6, 6.07) is 8.83. The van der Waals surface area contributed by atoms with Crippen molar-refractivity contribution in [1.82, 2.24) is 9.78 Å². The van der Waals surface area contributed by atoms with Crippen LogP contribution in [-0.2, 0) is 13.5 Å². The quantitative estimate of drug-likeness (QED) is 0.791. The number of carbonyl (C=O) groups is 1. The molecule has 0 aliphatic heterocycles. The van der Waals surface area contributed by atoms with Gasteiger partial charge in [0.15, 0.2) is 6.29 Å². The Labute approximate surface area is 93.1 Å². The molecule has 1 N–H and O–H groups in total. The van der Waals surface area contributed by atoms with E-state index in [4.69, 9.17) is 0 Å². The van der Waals surface area contributed by atoms with E-state index >= 15 is 0 Å². The van der Waals surface area contributed by atoms with Gasteiger partial charge in [0, 0.05) is 13.5 Å². The lowest BCUT2D eigenvalue weighted by molar-refractivity contribution is 0.111. The molecule has 0 aliphatic rings. The molecule has 82 valence electrons. The molecule has 4 heteroatoms. The molecule has 1 heterocycles. The van der Waals surface area contributed by atoms with E-state index in [-0.39, 0.29) is 5.75 Å². The van der Waals surface area contributed by atoms with E-state index in [0.29, 0.717) is 12.1 Å². The maximum atomic E-state index is 10.6. The van der Waals surface area contributed by atoms with Crippen molar-refractivity contribution in [3.63, 3.8) is 0 Å². The fraction of sp³-hybridized carbons (Fsp3) is 0.167. The van der Waals surface area contributed by atoms with Gasteiger partial charge in [-0.15, -0.1) is 0 Å². The minimum absolute atomic E-state index is 0.251. The molecule has 0 spiro atoms. The Morgan fingerprint density at radius 1 is 1.44 bits per heavy atom. The molecule has 2 aromatic rings. The minimum atomic E-state index is 0.251. The summed E-state index contributed by atoms with van der Waals surface area (Å²) in [4.78, 5) is 10.6. The Hall–Kier alpha value is -2.10. The van der Waals surface area contributed by atoms with Gasteiger partial charge in [0.2, 0.25) is 0 Å². The molecule has 0 saturated heterocycles. The van der Waals surface area contributed by atoms with Crippen LogP contribution in [0.3, 0.4) is 0 Å². The van der Waals surface area contributed by atoms with Gasteiger partial charge in [-0.1, -0.05) is 18.2 Å². The fourth-order valence-corrected chi connectivity index (χ4v) is 1.60. The number of para-hydroxylation sites is 1. The smallest absolute Gasteiger partial charge is 0.168 e. The van der Waals surface area contributed by atoms with Crippen LogP contribution in [0.2, 0.25) is 0 Å². The zero-order chi connectivity index (χ0) is 11.5. The van der Waals surface area contributed by atoms with Crippen molar-refractivity contribution in [2.45, 2.75) is 6.42 Å². The molecule has 0 aliphatic carbocycles. The maximum absolute atomic E-state index is 10.6. The molecule has 0 amide bonds. The molecule has 0 radical (unpaired) electrons. The number of phenols is 1. The number of rotatable bonds is 3. The summed E-state index contributed by atoms with van der Waals surface area (Å²) in [5, 5.41) is 13.8. The second-order valence-corrected chi connectivity index (χ2v) is 3.61. The fourth-order valence-electron chi connectivity index (χ4n) is 1.60. The molecular weight excluding hydrogens is 204 g/mol. The van der Waals surface area contributed by atoms with Crippen molar-refractivity contribution in [3.8, 4) is 5.75 Å². The Balaban J connectivity index is 2.27. The first kappa shape index (κ1) is 10.4. The van der Waals surface area contributed by atoms with Gasteiger partial charge in [0.05, 0.1) is 5.69 Å². The highest BCUT2D eigenvalue weighted by Crippen LogP contribution is 2.19. The number of aromatic hydroxyl groups is 1. The summed E-state index contributed by atoms with van der Waals surface area (Å²) in [6.45, 7) is 0. The zero-order valence-electron chi connectivity index (χ0n) is 8.92. The summed E-state index contributed by atoms with van der Waals surface area (Å²) in [5.74, 6) is 0.251. The van der Waals surface area contributed by atoms with E-state index in [1.807, 2.05) is 12.1 Å². The molecule has 0 fully saturated rings. The average Bonchev–Trinajstić information content (AvgIpc) is 2.62. The van der Waals surface area contributed by atoms with E-state index in [1.165, 1.54) is 4.68 Å². The van der Waals surface area contributed by atoms with E-state index in [9.17, 15) is 9.90 Å². The van der Waals surface area contributed by atoms with E-state index in [0.717, 1.165) is 17.5 Å². The number of hydrogen-bond acceptors (Lipinski definition) is 3. The van der Waals surface area contributed by atoms with Crippen LogP contribution in [0.15, 0.2) is 30.3 Å². The second-order valence-electron chi connectivity index (χ2n) is 3.61. The molecule has 1 aromatic carbocycles. The summed E-state index contributed by atoms with van der Waals surface area (Å²) in [5.41, 5.74) is 2.11. The molecular formula is C12H12N2O2. The first-order valence-electron chi connectivity index (χ1n) is 4.95. The van der Waals surface area contributed by atoms with Crippen molar-refractivity contribution in [1.29, 1.82) is 0 Å². The van der Waals surface area contributed by atoms with E-state index < -0.39 is 0 Å². The first-order valence-corrected chi connectivity index (χ1v) is 4.95. The third-order valence-corrected chi connectivity index (χ3v) is 2.45. The summed E-state index contributed by atoms with van der Waals surface area (Å²) in [7, 11) is 1.72. The third-order valence-electron chi connectivity index (χ3n) is 2.45. The summed E-state index contributed by atoms with van der Waals surface area (Å²) < 4.78 is 1.53. The molecule has 16 heavy (non-hydrogen) atoms. The SMILES string of the molecule is Cn1nc(Cc2ccccc2O)cc1C=O. The average molecular weight is 216 g/mol. The highest BCUT2D eigenvalue weighted by Gasteiger charge is 2.07. The van der Waals surface area contributed by atoms with Gasteiger partial charge in [-0.25, -0.2) is 0 Å². The predicted octanol–water partition coefficient (Wildman–Crippen LogP) is 1.53. The minimum Gasteiger partial charge on any atom is -0.508 e. The van der Waals surface area contributed by atoms with Gasteiger partial charge in [-0.2, -0.15) is 5.10 Å². The second kappa shape index (κ2) is 4.18. The van der Waals surface area contributed by atoms with Crippen molar-refractivity contribution in [2.24, 2.45) is 7.05 Å². The topological polar surface area (TPSA) is 55.1 Å². The zero-order valence-corrected chi connectivity index (χ0v) is 8.92. The van der Waals surface area contributed by atoms with Crippen LogP contribution in [0, 0.1) is 0 Å². The number of carbonyl (C=O) groups excluding carboxylic acids is 1. The van der Waals surface area contributed by atoms with E-state index in [1.54, 1.807) is 25.2 Å². The predicted molar refractivity (Wildman–Crippen MR) is 59.5 cm³/mol. The van der Waals surface area contributed by atoms with Crippen LogP contribution in [0.25, 0.3) is 0 Å². The summed E-state index contributed by atoms with van der Waals surface area (Å²) >= 11 is 0. The largest absolute Gasteiger partial charge is 0.508 e. The molecule has 0 unspecified atom stereocenters. The highest BCUT2D eigenvalue weighted by atomic mass is 16.3. The van der Waals surface area contributed by atoms with Crippen LogP contribution in [0.1, 0.15) is 21.7 Å². The Morgan fingerprint density at radius 2 is 2.19 bits per heavy atom. The number of hydrogen-bond donors (Lipinski definition) is 1. The van der Waals surface area contributed by atoms with Crippen LogP contribution >= 0.6 is 0 Å². The number of aldehydes is 1. The standard InChI is InChI=1S/C12H12N2O2/c1-14-11(8-15)7-10(13-14)6-9-4-2-3-5-12(9)16/h2-5,7-8,16H,6H2,1H3. The molecule has 2 rings (SSSR count). The molecule has 0 saturated carbocycles. The van der Waals surface area contributed by atoms with Gasteiger partial charge < -0.3 is 5.11 Å². The monoisotopic (exact) mass is 216 g/mol. The number of benzene rings is 1. The van der Waals surface area contributed by atoms with E-state index in [2.05, 4.69) is 5.10 Å². The van der Waals surface area contributed by atoms with Gasteiger partial charge in [0.25, 0.3) is 0 Å². The molecule has 0 atom stereocenters.